The van der Waals surface area contributed by atoms with E-state index in [1.165, 1.54) is 46.3 Å². The van der Waals surface area contributed by atoms with Gasteiger partial charge in [-0.3, -0.25) is 24.0 Å². The molecule has 3 aromatic carbocycles. The van der Waals surface area contributed by atoms with Gasteiger partial charge in [0.2, 0.25) is 5.91 Å². The molecule has 4 heterocycles. The van der Waals surface area contributed by atoms with E-state index >= 15 is 0 Å². The summed E-state index contributed by atoms with van der Waals surface area (Å²) in [5.41, 5.74) is 0.560. The lowest BCUT2D eigenvalue weighted by molar-refractivity contribution is -0.160. The number of piperazine rings is 1. The number of phenolic OH excluding ortho intramolecular Hbond substituents is 1. The summed E-state index contributed by atoms with van der Waals surface area (Å²) in [6.07, 6.45) is 3.58. The first-order chi connectivity index (χ1) is 32.8. The van der Waals surface area contributed by atoms with Crippen LogP contribution in [0.25, 0.3) is 33.0 Å². The molecule has 2 amide bonds. The Bertz CT molecular complexity index is 2920. The predicted octanol–water partition coefficient (Wildman–Crippen LogP) is 7.00. The van der Waals surface area contributed by atoms with Crippen molar-refractivity contribution in [1.82, 2.24) is 9.88 Å². The molecule has 1 saturated heterocycles. The number of benzene rings is 3. The number of ether oxygens (including phenoxy) is 4. The monoisotopic (exact) mass is 966 g/mol. The summed E-state index contributed by atoms with van der Waals surface area (Å²) in [5, 5.41) is 37.8. The number of nitrogens with one attached hydrogen (secondary N) is 1. The minimum Gasteiger partial charge on any atom is -0.505 e. The minimum absolute atomic E-state index is 0.0140. The molecule has 4 bridgehead atoms. The van der Waals surface area contributed by atoms with Gasteiger partial charge in [-0.15, -0.1) is 0 Å². The quantitative estimate of drug-likeness (QED) is 0.0702. The van der Waals surface area contributed by atoms with Crippen LogP contribution in [-0.4, -0.2) is 112 Å². The maximum absolute atomic E-state index is 14.9. The van der Waals surface area contributed by atoms with Crippen LogP contribution in [-0.2, 0) is 28.6 Å². The van der Waals surface area contributed by atoms with Gasteiger partial charge in [-0.2, -0.15) is 0 Å². The molecule has 0 saturated carbocycles. The number of hydrogen-bond donors (Lipinski definition) is 4. The number of carbonyl (C=O) groups excluding carboxylic acids is 4. The second-order valence-corrected chi connectivity index (χ2v) is 20.4. The molecule has 0 spiro atoms. The first-order valence-corrected chi connectivity index (χ1v) is 23.8. The number of allylic oxidation sites excluding steroid dienone is 2. The minimum atomic E-state index is -2.06. The number of nitrogens with zero attached hydrogens (tertiary/aromatic N) is 3. The third-order valence-corrected chi connectivity index (χ3v) is 14.2. The number of Topliss-reactive ketones (excluding diaryl/α,β-unsaturated/α-hetero) is 1. The summed E-state index contributed by atoms with van der Waals surface area (Å²) < 4.78 is 30.7. The van der Waals surface area contributed by atoms with Gasteiger partial charge in [-0.25, -0.2) is 4.98 Å². The number of rotatable bonds is 3. The number of esters is 1. The number of aromatic nitrogens is 1. The standard InChI is InChI=1S/C53H66N4O13/c1-25-15-14-16-26(2)50(64)55-41-45(62)37-36(40-48(41)69-35-24-33(23-27(3)39(35)54-40)56-18-20-57(21-19-56)51(65)52(9,10)11)38-47(31(7)44(37)61)70-53(12,49(38)63)67-22-17-34(66-13)28(4)46(68-32(8)58)30(6)43(60)29(5)42(25)59/h14-17,22-25,28-30,34,42-43,46,59-60,62H,18-21H2,1-13H3,(H,55,64)/b15-14+,22-17+,26-16-/t25-,28+,29+,30+,34-,42-,43+,46+,53-/m0/s1. The smallest absolute Gasteiger partial charge is 0.312 e. The third kappa shape index (κ3) is 9.38. The first kappa shape index (κ1) is 51.5. The van der Waals surface area contributed by atoms with E-state index in [-0.39, 0.29) is 61.5 Å². The Kier molecular flexibility index (Phi) is 14.3. The number of carbonyl (C=O) groups is 4. The molecule has 4 aromatic rings. The summed E-state index contributed by atoms with van der Waals surface area (Å²) in [7, 11) is 1.44. The summed E-state index contributed by atoms with van der Waals surface area (Å²) in [6.45, 7) is 22.2. The normalized spacial score (nSPS) is 28.9. The molecular formula is C53H66N4O13. The van der Waals surface area contributed by atoms with Crippen molar-refractivity contribution < 1.29 is 57.9 Å². The SMILES string of the molecule is CO[C@H]1/C=C/O[C@@]2(C)Oc3c(C)c(=O)c4c(O)c(c5oc6cc(N7CCN(C(=O)C(C)(C)C)CC7)cc(C)c6nc5c4c3C2=O)NC(=O)/C(C)=C\C=C\[C@H](C)[C@H](O)[C@@H](C)[C@@H](O)[C@@H](C)[C@H](OC(C)=O)[C@@H]1C. The van der Waals surface area contributed by atoms with Crippen LogP contribution in [0.3, 0.4) is 0 Å². The van der Waals surface area contributed by atoms with E-state index in [2.05, 4.69) is 10.2 Å². The number of aryl methyl sites for hydroxylation is 1. The van der Waals surface area contributed by atoms with Crippen LogP contribution in [0.5, 0.6) is 11.5 Å². The Balaban J connectivity index is 1.42. The zero-order valence-corrected chi connectivity index (χ0v) is 42.3. The highest BCUT2D eigenvalue weighted by molar-refractivity contribution is 6.26. The fourth-order valence-electron chi connectivity index (χ4n) is 9.88. The van der Waals surface area contributed by atoms with Crippen molar-refractivity contribution in [2.24, 2.45) is 29.1 Å². The number of aromatic hydroxyl groups is 1. The number of fused-ring (bicyclic) bond motifs is 2. The Morgan fingerprint density at radius 2 is 1.59 bits per heavy atom. The molecule has 17 nitrogen and oxygen atoms in total. The Morgan fingerprint density at radius 1 is 0.914 bits per heavy atom. The van der Waals surface area contributed by atoms with Crippen molar-refractivity contribution >= 4 is 67.9 Å². The average Bonchev–Trinajstić information content (AvgIpc) is 3.58. The van der Waals surface area contributed by atoms with E-state index < -0.39 is 88.1 Å². The van der Waals surface area contributed by atoms with E-state index in [4.69, 9.17) is 28.3 Å². The number of aliphatic hydroxyl groups is 2. The molecule has 0 unspecified atom stereocenters. The number of hydrogen-bond acceptors (Lipinski definition) is 15. The topological polar surface area (TPSA) is 227 Å². The number of anilines is 2. The van der Waals surface area contributed by atoms with Crippen molar-refractivity contribution in [1.29, 1.82) is 0 Å². The maximum Gasteiger partial charge on any atom is 0.312 e. The Labute approximate surface area is 407 Å². The highest BCUT2D eigenvalue weighted by Crippen LogP contribution is 2.49. The summed E-state index contributed by atoms with van der Waals surface area (Å²) in [5.74, 6) is -7.28. The van der Waals surface area contributed by atoms with Crippen LogP contribution in [0.1, 0.15) is 90.7 Å². The number of aliphatic hydroxyl groups excluding tert-OH is 2. The van der Waals surface area contributed by atoms with E-state index in [1.807, 2.05) is 38.7 Å². The molecule has 9 atom stereocenters. The molecule has 0 radical (unpaired) electrons. The van der Waals surface area contributed by atoms with Gasteiger partial charge in [-0.1, -0.05) is 66.7 Å². The van der Waals surface area contributed by atoms with Crippen LogP contribution >= 0.6 is 0 Å². The molecule has 376 valence electrons. The van der Waals surface area contributed by atoms with E-state index in [9.17, 15) is 39.3 Å². The highest BCUT2D eigenvalue weighted by Gasteiger charge is 2.50. The zero-order valence-electron chi connectivity index (χ0n) is 42.3. The molecule has 70 heavy (non-hydrogen) atoms. The fourth-order valence-corrected chi connectivity index (χ4v) is 9.88. The van der Waals surface area contributed by atoms with Gasteiger partial charge in [0, 0.05) is 104 Å². The predicted molar refractivity (Wildman–Crippen MR) is 265 cm³/mol. The molecule has 1 aromatic heterocycles. The van der Waals surface area contributed by atoms with Crippen LogP contribution in [0, 0.1) is 42.9 Å². The largest absolute Gasteiger partial charge is 0.505 e. The molecule has 17 heteroatoms. The van der Waals surface area contributed by atoms with Crippen LogP contribution in [0.15, 0.2) is 57.5 Å². The number of ketones is 1. The lowest BCUT2D eigenvalue weighted by atomic mass is 9.78. The van der Waals surface area contributed by atoms with E-state index in [0.29, 0.717) is 37.3 Å². The van der Waals surface area contributed by atoms with Crippen LogP contribution in [0.2, 0.25) is 0 Å². The first-order valence-electron chi connectivity index (χ1n) is 23.8. The van der Waals surface area contributed by atoms with Crippen molar-refractivity contribution in [3.05, 3.63) is 75.2 Å². The van der Waals surface area contributed by atoms with Gasteiger partial charge in [0.25, 0.3) is 11.7 Å². The van der Waals surface area contributed by atoms with Gasteiger partial charge < -0.3 is 53.8 Å². The van der Waals surface area contributed by atoms with Gasteiger partial charge in [0.1, 0.15) is 28.6 Å². The van der Waals surface area contributed by atoms with Gasteiger partial charge in [-0.05, 0) is 38.5 Å². The fraction of sp³-hybridized carbons (Fsp3) is 0.509. The van der Waals surface area contributed by atoms with Crippen molar-refractivity contribution in [2.45, 2.75) is 113 Å². The van der Waals surface area contributed by atoms with Crippen LogP contribution in [0.4, 0.5) is 11.4 Å². The molecule has 3 aliphatic rings. The van der Waals surface area contributed by atoms with Crippen molar-refractivity contribution in [3.63, 3.8) is 0 Å². The van der Waals surface area contributed by atoms with Crippen LogP contribution < -0.4 is 20.4 Å². The van der Waals surface area contributed by atoms with Gasteiger partial charge >= 0.3 is 11.8 Å². The second kappa shape index (κ2) is 19.5. The Hall–Kier alpha value is -6.30. The maximum atomic E-state index is 14.9. The Morgan fingerprint density at radius 3 is 2.21 bits per heavy atom. The summed E-state index contributed by atoms with van der Waals surface area (Å²) in [4.78, 5) is 78.1. The third-order valence-electron chi connectivity index (χ3n) is 14.2. The molecule has 3 aliphatic heterocycles. The number of phenols is 1. The van der Waals surface area contributed by atoms with Crippen molar-refractivity contribution in [3.8, 4) is 11.5 Å². The molecule has 1 fully saturated rings. The average molecular weight is 967 g/mol. The molecule has 4 N–H and O–H groups in total. The zero-order chi connectivity index (χ0) is 51.5. The van der Waals surface area contributed by atoms with E-state index in [1.54, 1.807) is 52.8 Å². The summed E-state index contributed by atoms with van der Waals surface area (Å²) in [6, 6.07) is 3.74. The van der Waals surface area contributed by atoms with Gasteiger partial charge in [0.15, 0.2) is 22.3 Å². The molecule has 7 rings (SSSR count). The number of amides is 2. The lowest BCUT2D eigenvalue weighted by Crippen LogP contribution is -2.51. The molecular weight excluding hydrogens is 901 g/mol. The summed E-state index contributed by atoms with van der Waals surface area (Å²) >= 11 is 0. The highest BCUT2D eigenvalue weighted by atomic mass is 16.7. The van der Waals surface area contributed by atoms with E-state index in [0.717, 1.165) is 5.69 Å². The molecule has 0 aliphatic carbocycles. The lowest BCUT2D eigenvalue weighted by Gasteiger charge is -2.38. The van der Waals surface area contributed by atoms with Gasteiger partial charge in [0.05, 0.1) is 35.5 Å². The number of methoxy groups -OCH3 is 1. The van der Waals surface area contributed by atoms with Crippen molar-refractivity contribution in [2.75, 3.05) is 43.5 Å². The second-order valence-electron chi connectivity index (χ2n) is 20.4.